The second-order valence-electron chi connectivity index (χ2n) is 5.16. The van der Waals surface area contributed by atoms with E-state index in [1.54, 1.807) is 0 Å². The van der Waals surface area contributed by atoms with Crippen molar-refractivity contribution in [2.75, 3.05) is 0 Å². The van der Waals surface area contributed by atoms with Gasteiger partial charge in [-0.3, -0.25) is 0 Å². The molecule has 0 aromatic carbocycles. The number of aliphatic hydroxyl groups is 1. The molecule has 1 atom stereocenters. The van der Waals surface area contributed by atoms with E-state index in [1.165, 1.54) is 6.42 Å². The topological polar surface area (TPSA) is 20.2 Å². The third-order valence-electron chi connectivity index (χ3n) is 3.91. The Labute approximate surface area is 95.5 Å². The summed E-state index contributed by atoms with van der Waals surface area (Å²) < 4.78 is 26.0. The molecule has 0 heterocycles. The molecule has 16 heavy (non-hydrogen) atoms. The summed E-state index contributed by atoms with van der Waals surface area (Å²) in [6, 6.07) is 0. The quantitative estimate of drug-likeness (QED) is 0.717. The van der Waals surface area contributed by atoms with Gasteiger partial charge >= 0.3 is 0 Å². The van der Waals surface area contributed by atoms with Crippen molar-refractivity contribution in [1.82, 2.24) is 0 Å². The fourth-order valence-electron chi connectivity index (χ4n) is 2.81. The lowest BCUT2D eigenvalue weighted by molar-refractivity contribution is -0.0584. The maximum atomic E-state index is 13.0. The lowest BCUT2D eigenvalue weighted by atomic mass is 9.79. The molecular formula is C13H20F2O. The highest BCUT2D eigenvalue weighted by Crippen LogP contribution is 2.39. The fourth-order valence-corrected chi connectivity index (χ4v) is 2.81. The minimum atomic E-state index is -2.49. The normalized spacial score (nSPS) is 28.6. The predicted molar refractivity (Wildman–Crippen MR) is 59.5 cm³/mol. The molecule has 1 fully saturated rings. The van der Waals surface area contributed by atoms with Gasteiger partial charge in [-0.2, -0.15) is 0 Å². The molecule has 1 N–H and O–H groups in total. The van der Waals surface area contributed by atoms with Crippen LogP contribution in [0.25, 0.3) is 0 Å². The zero-order valence-electron chi connectivity index (χ0n) is 9.59. The highest BCUT2D eigenvalue weighted by atomic mass is 19.3. The second-order valence-corrected chi connectivity index (χ2v) is 5.16. The van der Waals surface area contributed by atoms with Crippen LogP contribution in [0.4, 0.5) is 8.78 Å². The van der Waals surface area contributed by atoms with Gasteiger partial charge in [0.2, 0.25) is 5.92 Å². The van der Waals surface area contributed by atoms with Gasteiger partial charge in [0, 0.05) is 12.8 Å². The maximum absolute atomic E-state index is 13.0. The van der Waals surface area contributed by atoms with E-state index in [2.05, 4.69) is 6.08 Å². The first kappa shape index (κ1) is 12.0. The van der Waals surface area contributed by atoms with E-state index in [1.807, 2.05) is 0 Å². The van der Waals surface area contributed by atoms with Gasteiger partial charge in [-0.05, 0) is 50.0 Å². The molecule has 1 saturated carbocycles. The third kappa shape index (κ3) is 2.82. The van der Waals surface area contributed by atoms with Crippen molar-refractivity contribution in [3.8, 4) is 0 Å². The van der Waals surface area contributed by atoms with Gasteiger partial charge in [0.05, 0.1) is 6.10 Å². The van der Waals surface area contributed by atoms with Crippen LogP contribution in [-0.2, 0) is 0 Å². The summed E-state index contributed by atoms with van der Waals surface area (Å²) in [6.07, 6.45) is 6.78. The van der Waals surface area contributed by atoms with E-state index in [4.69, 9.17) is 0 Å². The number of alkyl halides is 2. The van der Waals surface area contributed by atoms with Gasteiger partial charge in [0.25, 0.3) is 0 Å². The van der Waals surface area contributed by atoms with Gasteiger partial charge < -0.3 is 5.11 Å². The van der Waals surface area contributed by atoms with Crippen LogP contribution in [-0.4, -0.2) is 17.1 Å². The van der Waals surface area contributed by atoms with Gasteiger partial charge in [0.1, 0.15) is 0 Å². The van der Waals surface area contributed by atoms with Crippen molar-refractivity contribution in [3.63, 3.8) is 0 Å². The van der Waals surface area contributed by atoms with E-state index >= 15 is 0 Å². The van der Waals surface area contributed by atoms with Crippen LogP contribution in [0, 0.1) is 5.92 Å². The first-order valence-electron chi connectivity index (χ1n) is 6.33. The second kappa shape index (κ2) is 4.82. The first-order valence-corrected chi connectivity index (χ1v) is 6.33. The van der Waals surface area contributed by atoms with Crippen molar-refractivity contribution < 1.29 is 13.9 Å². The van der Waals surface area contributed by atoms with Crippen molar-refractivity contribution in [3.05, 3.63) is 11.6 Å². The molecule has 0 aromatic heterocycles. The monoisotopic (exact) mass is 230 g/mol. The lowest BCUT2D eigenvalue weighted by Crippen LogP contribution is -2.32. The number of allylic oxidation sites excluding steroid dienone is 1. The highest BCUT2D eigenvalue weighted by Gasteiger charge is 2.37. The molecule has 0 aromatic rings. The molecule has 0 radical (unpaired) electrons. The third-order valence-corrected chi connectivity index (χ3v) is 3.91. The summed E-state index contributed by atoms with van der Waals surface area (Å²) in [6.45, 7) is 0. The fraction of sp³-hybridized carbons (Fsp3) is 0.846. The summed E-state index contributed by atoms with van der Waals surface area (Å²) in [5, 5.41) is 10.2. The highest BCUT2D eigenvalue weighted by molar-refractivity contribution is 5.12. The van der Waals surface area contributed by atoms with Crippen molar-refractivity contribution >= 4 is 0 Å². The molecule has 92 valence electrons. The Morgan fingerprint density at radius 2 is 1.94 bits per heavy atom. The Bertz CT molecular complexity index is 263. The lowest BCUT2D eigenvalue weighted by Gasteiger charge is -2.33. The average molecular weight is 230 g/mol. The summed E-state index contributed by atoms with van der Waals surface area (Å²) in [4.78, 5) is 0. The number of rotatable bonds is 2. The van der Waals surface area contributed by atoms with E-state index in [-0.39, 0.29) is 18.8 Å². The van der Waals surface area contributed by atoms with Gasteiger partial charge in [-0.15, -0.1) is 0 Å². The molecule has 0 spiro atoms. The van der Waals surface area contributed by atoms with Crippen LogP contribution >= 0.6 is 0 Å². The van der Waals surface area contributed by atoms with E-state index < -0.39 is 12.0 Å². The Morgan fingerprint density at radius 3 is 2.50 bits per heavy atom. The van der Waals surface area contributed by atoms with Crippen LogP contribution in [0.2, 0.25) is 0 Å². The summed E-state index contributed by atoms with van der Waals surface area (Å²) in [5.74, 6) is -2.43. The van der Waals surface area contributed by atoms with Gasteiger partial charge in [0.15, 0.2) is 0 Å². The predicted octanol–water partition coefficient (Wildman–Crippen LogP) is 3.67. The van der Waals surface area contributed by atoms with Crippen LogP contribution in [0.5, 0.6) is 0 Å². The summed E-state index contributed by atoms with van der Waals surface area (Å²) in [7, 11) is 0. The molecule has 2 aliphatic rings. The molecule has 1 unspecified atom stereocenters. The molecule has 0 bridgehead atoms. The van der Waals surface area contributed by atoms with Crippen molar-refractivity contribution in [2.45, 2.75) is 63.4 Å². The Morgan fingerprint density at radius 1 is 1.25 bits per heavy atom. The molecule has 3 heteroatoms. The minimum absolute atomic E-state index is 0.0536. The van der Waals surface area contributed by atoms with Crippen LogP contribution < -0.4 is 0 Å². The van der Waals surface area contributed by atoms with E-state index in [0.717, 1.165) is 24.8 Å². The SMILES string of the molecule is OC(C1=CCCCC1)C1CCC(F)(F)CC1. The van der Waals surface area contributed by atoms with Crippen LogP contribution in [0.15, 0.2) is 11.6 Å². The molecule has 0 amide bonds. The first-order chi connectivity index (χ1) is 7.58. The molecule has 1 nitrogen and oxygen atoms in total. The largest absolute Gasteiger partial charge is 0.388 e. The summed E-state index contributed by atoms with van der Waals surface area (Å²) >= 11 is 0. The van der Waals surface area contributed by atoms with Crippen LogP contribution in [0.1, 0.15) is 51.4 Å². The van der Waals surface area contributed by atoms with Crippen molar-refractivity contribution in [1.29, 1.82) is 0 Å². The number of hydrogen-bond donors (Lipinski definition) is 1. The Kier molecular flexibility index (Phi) is 3.63. The van der Waals surface area contributed by atoms with Gasteiger partial charge in [-0.25, -0.2) is 8.78 Å². The molecule has 0 aliphatic heterocycles. The molecule has 0 saturated heterocycles. The Hall–Kier alpha value is -0.440. The number of aliphatic hydroxyl groups excluding tert-OH is 1. The smallest absolute Gasteiger partial charge is 0.248 e. The van der Waals surface area contributed by atoms with Crippen molar-refractivity contribution in [2.24, 2.45) is 5.92 Å². The average Bonchev–Trinajstić information content (AvgIpc) is 2.29. The molecule has 2 aliphatic carbocycles. The van der Waals surface area contributed by atoms with Crippen LogP contribution in [0.3, 0.4) is 0 Å². The summed E-state index contributed by atoms with van der Waals surface area (Å²) in [5.41, 5.74) is 1.10. The zero-order valence-corrected chi connectivity index (χ0v) is 9.59. The molecular weight excluding hydrogens is 210 g/mol. The zero-order chi connectivity index (χ0) is 11.6. The number of hydrogen-bond acceptors (Lipinski definition) is 1. The standard InChI is InChI=1S/C13H20F2O/c14-13(15)8-6-11(7-9-13)12(16)10-4-2-1-3-5-10/h4,11-12,16H,1-3,5-9H2. The Balaban J connectivity index is 1.91. The maximum Gasteiger partial charge on any atom is 0.248 e. The number of halogens is 2. The van der Waals surface area contributed by atoms with E-state index in [9.17, 15) is 13.9 Å². The molecule has 2 rings (SSSR count). The minimum Gasteiger partial charge on any atom is -0.388 e. The van der Waals surface area contributed by atoms with E-state index in [0.29, 0.717) is 12.8 Å². The van der Waals surface area contributed by atoms with Gasteiger partial charge in [-0.1, -0.05) is 6.08 Å².